The number of piperidine rings is 1. The van der Waals surface area contributed by atoms with Gasteiger partial charge >= 0.3 is 0 Å². The van der Waals surface area contributed by atoms with E-state index in [0.717, 1.165) is 44.6 Å². The normalized spacial score (nSPS) is 17.1. The third-order valence-electron chi connectivity index (χ3n) is 5.05. The largest absolute Gasteiger partial charge is 0.393 e. The molecular weight excluding hydrogens is 302 g/mol. The lowest BCUT2D eigenvalue weighted by atomic mass is 10.1. The van der Waals surface area contributed by atoms with Gasteiger partial charge in [0.1, 0.15) is 0 Å². The second-order valence-electron chi connectivity index (χ2n) is 6.76. The summed E-state index contributed by atoms with van der Waals surface area (Å²) in [6, 6.07) is 8.29. The van der Waals surface area contributed by atoms with E-state index in [0.29, 0.717) is 18.2 Å². The summed E-state index contributed by atoms with van der Waals surface area (Å²) in [7, 11) is 2.09. The van der Waals surface area contributed by atoms with E-state index in [4.69, 9.17) is 0 Å². The first-order valence-electron chi connectivity index (χ1n) is 9.02. The van der Waals surface area contributed by atoms with Gasteiger partial charge in [-0.25, -0.2) is 0 Å². The van der Waals surface area contributed by atoms with Crippen molar-refractivity contribution in [3.8, 4) is 0 Å². The first-order chi connectivity index (χ1) is 11.5. The van der Waals surface area contributed by atoms with Crippen molar-refractivity contribution in [3.63, 3.8) is 0 Å². The lowest BCUT2D eigenvalue weighted by molar-refractivity contribution is 0.0947. The van der Waals surface area contributed by atoms with Gasteiger partial charge in [0.05, 0.1) is 6.10 Å². The summed E-state index contributed by atoms with van der Waals surface area (Å²) in [6.07, 6.45) is 2.57. The molecule has 0 bridgehead atoms. The van der Waals surface area contributed by atoms with E-state index < -0.39 is 0 Å². The minimum absolute atomic E-state index is 0.0202. The molecule has 1 aromatic rings. The van der Waals surface area contributed by atoms with Crippen LogP contribution < -0.4 is 10.2 Å². The molecule has 1 fully saturated rings. The van der Waals surface area contributed by atoms with E-state index in [9.17, 15) is 9.90 Å². The first-order valence-corrected chi connectivity index (χ1v) is 9.02. The van der Waals surface area contributed by atoms with Gasteiger partial charge in [0.25, 0.3) is 5.91 Å². The summed E-state index contributed by atoms with van der Waals surface area (Å²) in [5.74, 6) is -0.0202. The monoisotopic (exact) mass is 333 g/mol. The Hall–Kier alpha value is -1.59. The molecule has 1 heterocycles. The highest BCUT2D eigenvalue weighted by Gasteiger charge is 2.17. The predicted octanol–water partition coefficient (Wildman–Crippen LogP) is 2.11. The Morgan fingerprint density at radius 2 is 1.96 bits per heavy atom. The van der Waals surface area contributed by atoms with E-state index in [1.807, 2.05) is 24.3 Å². The molecule has 2 N–H and O–H groups in total. The quantitative estimate of drug-likeness (QED) is 0.802. The molecule has 1 aliphatic heterocycles. The zero-order valence-electron chi connectivity index (χ0n) is 15.2. The number of hydrogen-bond acceptors (Lipinski definition) is 4. The summed E-state index contributed by atoms with van der Waals surface area (Å²) in [5.41, 5.74) is 1.82. The van der Waals surface area contributed by atoms with Crippen LogP contribution in [0.4, 0.5) is 5.69 Å². The molecule has 0 aromatic heterocycles. The Morgan fingerprint density at radius 3 is 2.54 bits per heavy atom. The average molecular weight is 333 g/mol. The van der Waals surface area contributed by atoms with Crippen LogP contribution in [0.25, 0.3) is 0 Å². The van der Waals surface area contributed by atoms with E-state index in [2.05, 4.69) is 36.0 Å². The lowest BCUT2D eigenvalue weighted by Gasteiger charge is -2.31. The Morgan fingerprint density at radius 1 is 1.33 bits per heavy atom. The molecule has 1 aliphatic rings. The van der Waals surface area contributed by atoms with Gasteiger partial charge in [0.2, 0.25) is 0 Å². The van der Waals surface area contributed by atoms with Gasteiger partial charge < -0.3 is 20.2 Å². The highest BCUT2D eigenvalue weighted by Crippen LogP contribution is 2.20. The number of hydrogen-bond donors (Lipinski definition) is 2. The molecule has 134 valence electrons. The number of likely N-dealkylation sites (N-methyl/N-ethyl adjacent to an activating group) is 1. The average Bonchev–Trinajstić information content (AvgIpc) is 2.61. The maximum atomic E-state index is 12.2. The van der Waals surface area contributed by atoms with Crippen LogP contribution in [0.15, 0.2) is 24.3 Å². The fourth-order valence-electron chi connectivity index (χ4n) is 2.93. The van der Waals surface area contributed by atoms with Crippen LogP contribution in [0.2, 0.25) is 0 Å². The number of benzene rings is 1. The first kappa shape index (κ1) is 18.7. The van der Waals surface area contributed by atoms with Crippen LogP contribution in [0.1, 0.15) is 43.5 Å². The third kappa shape index (κ3) is 5.21. The lowest BCUT2D eigenvalue weighted by Crippen LogP contribution is -2.37. The summed E-state index contributed by atoms with van der Waals surface area (Å²) >= 11 is 0. The van der Waals surface area contributed by atoms with Crippen molar-refractivity contribution in [1.82, 2.24) is 10.2 Å². The van der Waals surface area contributed by atoms with Gasteiger partial charge in [-0.05, 0) is 57.5 Å². The number of aliphatic hydroxyl groups is 1. The second-order valence-corrected chi connectivity index (χ2v) is 6.76. The molecule has 24 heavy (non-hydrogen) atoms. The minimum atomic E-state index is -0.167. The third-order valence-corrected chi connectivity index (χ3v) is 5.05. The zero-order chi connectivity index (χ0) is 17.5. The topological polar surface area (TPSA) is 55.8 Å². The highest BCUT2D eigenvalue weighted by molar-refractivity contribution is 5.94. The van der Waals surface area contributed by atoms with Crippen LogP contribution in [-0.2, 0) is 0 Å². The molecule has 0 aliphatic carbocycles. The summed E-state index contributed by atoms with van der Waals surface area (Å²) in [5, 5.41) is 12.6. The molecule has 1 unspecified atom stereocenters. The van der Waals surface area contributed by atoms with Crippen molar-refractivity contribution in [1.29, 1.82) is 0 Å². The molecule has 0 radical (unpaired) electrons. The molecule has 5 nitrogen and oxygen atoms in total. The second kappa shape index (κ2) is 9.04. The summed E-state index contributed by atoms with van der Waals surface area (Å²) in [4.78, 5) is 16.7. The fraction of sp³-hybridized carbons (Fsp3) is 0.632. The van der Waals surface area contributed by atoms with E-state index in [1.165, 1.54) is 0 Å². The van der Waals surface area contributed by atoms with Crippen molar-refractivity contribution in [3.05, 3.63) is 29.8 Å². The van der Waals surface area contributed by atoms with Gasteiger partial charge in [0, 0.05) is 43.5 Å². The highest BCUT2D eigenvalue weighted by atomic mass is 16.3. The molecule has 1 amide bonds. The Kier molecular flexibility index (Phi) is 7.06. The standard InChI is InChI=1S/C19H31N3O2/c1-4-15(2)21(3)14-11-20-19(24)16-5-7-17(8-6-16)22-12-9-18(23)10-13-22/h5-8,15,18,23H,4,9-14H2,1-3H3,(H,20,24). The van der Waals surface area contributed by atoms with Crippen LogP contribution in [0.3, 0.4) is 0 Å². The van der Waals surface area contributed by atoms with Crippen molar-refractivity contribution >= 4 is 11.6 Å². The van der Waals surface area contributed by atoms with Gasteiger partial charge in [-0.3, -0.25) is 4.79 Å². The Balaban J connectivity index is 1.81. The van der Waals surface area contributed by atoms with Crippen LogP contribution in [0, 0.1) is 0 Å². The van der Waals surface area contributed by atoms with Crippen molar-refractivity contribution in [2.24, 2.45) is 0 Å². The van der Waals surface area contributed by atoms with Gasteiger partial charge in [-0.1, -0.05) is 6.92 Å². The van der Waals surface area contributed by atoms with Crippen molar-refractivity contribution in [2.45, 2.75) is 45.3 Å². The molecule has 1 atom stereocenters. The minimum Gasteiger partial charge on any atom is -0.393 e. The number of anilines is 1. The van der Waals surface area contributed by atoms with Crippen LogP contribution >= 0.6 is 0 Å². The number of carbonyl (C=O) groups is 1. The molecule has 0 saturated carbocycles. The smallest absolute Gasteiger partial charge is 0.251 e. The van der Waals surface area contributed by atoms with Crippen LogP contribution in [0.5, 0.6) is 0 Å². The summed E-state index contributed by atoms with van der Waals surface area (Å²) in [6.45, 7) is 7.62. The molecule has 5 heteroatoms. The van der Waals surface area contributed by atoms with E-state index >= 15 is 0 Å². The SMILES string of the molecule is CCC(C)N(C)CCNC(=O)c1ccc(N2CCC(O)CC2)cc1. The molecule has 2 rings (SSSR count). The van der Waals surface area contributed by atoms with E-state index in [1.54, 1.807) is 0 Å². The predicted molar refractivity (Wildman–Crippen MR) is 98.6 cm³/mol. The number of nitrogens with one attached hydrogen (secondary N) is 1. The maximum absolute atomic E-state index is 12.2. The van der Waals surface area contributed by atoms with Crippen molar-refractivity contribution in [2.75, 3.05) is 38.1 Å². The number of nitrogens with zero attached hydrogens (tertiary/aromatic N) is 2. The molecule has 0 spiro atoms. The van der Waals surface area contributed by atoms with Crippen molar-refractivity contribution < 1.29 is 9.90 Å². The number of amides is 1. The molecule has 1 aromatic carbocycles. The number of rotatable bonds is 7. The maximum Gasteiger partial charge on any atom is 0.251 e. The van der Waals surface area contributed by atoms with Gasteiger partial charge in [-0.2, -0.15) is 0 Å². The zero-order valence-corrected chi connectivity index (χ0v) is 15.2. The molecular formula is C19H31N3O2. The fourth-order valence-corrected chi connectivity index (χ4v) is 2.93. The van der Waals surface area contributed by atoms with Crippen LogP contribution in [-0.4, -0.2) is 61.3 Å². The summed E-state index contributed by atoms with van der Waals surface area (Å²) < 4.78 is 0. The Labute approximate surface area is 145 Å². The number of carbonyl (C=O) groups excluding carboxylic acids is 1. The number of aliphatic hydroxyl groups excluding tert-OH is 1. The molecule has 1 saturated heterocycles. The van der Waals surface area contributed by atoms with E-state index in [-0.39, 0.29) is 12.0 Å². The Bertz CT molecular complexity index is 510. The van der Waals surface area contributed by atoms with Gasteiger partial charge in [-0.15, -0.1) is 0 Å². The van der Waals surface area contributed by atoms with Gasteiger partial charge in [0.15, 0.2) is 0 Å².